The molecule has 0 radical (unpaired) electrons. The number of hydrogen-bond acceptors (Lipinski definition) is 3. The summed E-state index contributed by atoms with van der Waals surface area (Å²) in [7, 11) is 1.80. The average molecular weight is 392 g/mol. The molecule has 3 rings (SSSR count). The van der Waals surface area contributed by atoms with E-state index in [0.29, 0.717) is 29.6 Å². The molecule has 0 saturated heterocycles. The number of para-hydroxylation sites is 1. The van der Waals surface area contributed by atoms with E-state index in [4.69, 9.17) is 4.98 Å². The maximum atomic E-state index is 13.5. The normalized spacial score (nSPS) is 12.1. The van der Waals surface area contributed by atoms with Crippen LogP contribution in [-0.2, 0) is 11.2 Å². The summed E-state index contributed by atoms with van der Waals surface area (Å²) in [6.45, 7) is 6.12. The quantitative estimate of drug-likeness (QED) is 0.589. The van der Waals surface area contributed by atoms with E-state index in [1.54, 1.807) is 22.6 Å². The summed E-state index contributed by atoms with van der Waals surface area (Å²) in [5.41, 5.74) is 2.53. The summed E-state index contributed by atoms with van der Waals surface area (Å²) < 4.78 is 1.67. The first-order chi connectivity index (χ1) is 14.0. The van der Waals surface area contributed by atoms with Gasteiger partial charge in [0.25, 0.3) is 5.56 Å². The third-order valence-corrected chi connectivity index (χ3v) is 5.41. The van der Waals surface area contributed by atoms with Crippen LogP contribution in [0.1, 0.15) is 57.5 Å². The minimum absolute atomic E-state index is 0.0645. The number of fused-ring (bicyclic) bond motifs is 1. The van der Waals surface area contributed by atoms with Gasteiger partial charge in [0.2, 0.25) is 5.91 Å². The van der Waals surface area contributed by atoms with Gasteiger partial charge in [-0.05, 0) is 49.1 Å². The van der Waals surface area contributed by atoms with Gasteiger partial charge in [0.1, 0.15) is 5.82 Å². The van der Waals surface area contributed by atoms with Crippen molar-refractivity contribution in [2.45, 2.75) is 52.5 Å². The average Bonchev–Trinajstić information content (AvgIpc) is 2.75. The Labute approximate surface area is 172 Å². The molecule has 0 aliphatic heterocycles. The molecule has 5 nitrogen and oxygen atoms in total. The third-order valence-electron chi connectivity index (χ3n) is 5.41. The highest BCUT2D eigenvalue weighted by molar-refractivity contribution is 5.78. The number of rotatable bonds is 7. The summed E-state index contributed by atoms with van der Waals surface area (Å²) in [5.74, 6) is 0.669. The molecule has 0 N–H and O–H groups in total. The van der Waals surface area contributed by atoms with Crippen molar-refractivity contribution in [1.29, 1.82) is 0 Å². The van der Waals surface area contributed by atoms with E-state index in [2.05, 4.69) is 6.92 Å². The molecule has 5 heteroatoms. The molecule has 0 spiro atoms. The number of amides is 1. The summed E-state index contributed by atoms with van der Waals surface area (Å²) in [4.78, 5) is 32.7. The second kappa shape index (κ2) is 9.03. The van der Waals surface area contributed by atoms with Crippen LogP contribution in [0.3, 0.4) is 0 Å². The first-order valence-electron chi connectivity index (χ1n) is 10.4. The monoisotopic (exact) mass is 391 g/mol. The Bertz CT molecular complexity index is 1050. The van der Waals surface area contributed by atoms with Crippen LogP contribution in [0.15, 0.2) is 53.3 Å². The van der Waals surface area contributed by atoms with Gasteiger partial charge >= 0.3 is 0 Å². The predicted molar refractivity (Wildman–Crippen MR) is 117 cm³/mol. The molecular weight excluding hydrogens is 362 g/mol. The van der Waals surface area contributed by atoms with E-state index in [9.17, 15) is 9.59 Å². The Morgan fingerprint density at radius 1 is 1.07 bits per heavy atom. The van der Waals surface area contributed by atoms with Crippen LogP contribution in [0.2, 0.25) is 0 Å². The molecule has 1 atom stereocenters. The summed E-state index contributed by atoms with van der Waals surface area (Å²) in [5, 5.41) is 0.577. The Kier molecular flexibility index (Phi) is 6.47. The molecule has 2 aromatic carbocycles. The SMILES string of the molecule is CCCC(=O)N(C)C(CC)c1nc2ccccc2c(=O)n1-c1ccc(CC)cc1. The Morgan fingerprint density at radius 2 is 1.76 bits per heavy atom. The summed E-state index contributed by atoms with van der Waals surface area (Å²) in [6, 6.07) is 15.1. The van der Waals surface area contributed by atoms with Gasteiger partial charge in [0.15, 0.2) is 0 Å². The van der Waals surface area contributed by atoms with Gasteiger partial charge in [-0.15, -0.1) is 0 Å². The maximum absolute atomic E-state index is 13.5. The summed E-state index contributed by atoms with van der Waals surface area (Å²) >= 11 is 0. The number of benzene rings is 2. The zero-order valence-electron chi connectivity index (χ0n) is 17.7. The predicted octanol–water partition coefficient (Wildman–Crippen LogP) is 4.66. The molecule has 1 unspecified atom stereocenters. The van der Waals surface area contributed by atoms with Crippen LogP contribution in [-0.4, -0.2) is 27.4 Å². The fourth-order valence-corrected chi connectivity index (χ4v) is 3.70. The van der Waals surface area contributed by atoms with Crippen molar-refractivity contribution >= 4 is 16.8 Å². The smallest absolute Gasteiger partial charge is 0.266 e. The van der Waals surface area contributed by atoms with Crippen LogP contribution in [0.25, 0.3) is 16.6 Å². The molecule has 0 fully saturated rings. The highest BCUT2D eigenvalue weighted by Gasteiger charge is 2.26. The van der Waals surface area contributed by atoms with Gasteiger partial charge in [-0.1, -0.05) is 45.0 Å². The molecule has 0 aliphatic rings. The van der Waals surface area contributed by atoms with Crippen molar-refractivity contribution in [1.82, 2.24) is 14.5 Å². The van der Waals surface area contributed by atoms with Gasteiger partial charge in [0.05, 0.1) is 22.6 Å². The van der Waals surface area contributed by atoms with Crippen molar-refractivity contribution in [2.75, 3.05) is 7.05 Å². The van der Waals surface area contributed by atoms with Gasteiger partial charge in [-0.25, -0.2) is 4.98 Å². The van der Waals surface area contributed by atoms with Gasteiger partial charge in [-0.2, -0.15) is 0 Å². The molecule has 152 valence electrons. The minimum Gasteiger partial charge on any atom is -0.336 e. The number of carbonyl (C=O) groups excluding carboxylic acids is 1. The van der Waals surface area contributed by atoms with Crippen molar-refractivity contribution in [3.05, 3.63) is 70.3 Å². The molecule has 1 aromatic heterocycles. The highest BCUT2D eigenvalue weighted by Crippen LogP contribution is 2.25. The zero-order chi connectivity index (χ0) is 21.0. The third kappa shape index (κ3) is 4.09. The maximum Gasteiger partial charge on any atom is 0.266 e. The Hall–Kier alpha value is -2.95. The molecule has 0 bridgehead atoms. The largest absolute Gasteiger partial charge is 0.336 e. The van der Waals surface area contributed by atoms with Crippen molar-refractivity contribution in [2.24, 2.45) is 0 Å². The lowest BCUT2D eigenvalue weighted by atomic mass is 10.1. The van der Waals surface area contributed by atoms with E-state index in [-0.39, 0.29) is 17.5 Å². The second-order valence-corrected chi connectivity index (χ2v) is 7.33. The minimum atomic E-state index is -0.280. The van der Waals surface area contributed by atoms with Crippen LogP contribution in [0, 0.1) is 0 Å². The number of hydrogen-bond donors (Lipinski definition) is 0. The van der Waals surface area contributed by atoms with Crippen molar-refractivity contribution in [3.8, 4) is 5.69 Å². The van der Waals surface area contributed by atoms with Crippen molar-refractivity contribution < 1.29 is 4.79 Å². The van der Waals surface area contributed by atoms with Gasteiger partial charge in [-0.3, -0.25) is 14.2 Å². The highest BCUT2D eigenvalue weighted by atomic mass is 16.2. The van der Waals surface area contributed by atoms with Gasteiger partial charge in [0, 0.05) is 13.5 Å². The lowest BCUT2D eigenvalue weighted by Crippen LogP contribution is -2.35. The molecular formula is C24H29N3O2. The van der Waals surface area contributed by atoms with E-state index >= 15 is 0 Å². The molecule has 1 heterocycles. The first kappa shape index (κ1) is 20.8. The topological polar surface area (TPSA) is 55.2 Å². The lowest BCUT2D eigenvalue weighted by Gasteiger charge is -2.29. The number of carbonyl (C=O) groups is 1. The van der Waals surface area contributed by atoms with E-state index < -0.39 is 0 Å². The fourth-order valence-electron chi connectivity index (χ4n) is 3.70. The molecule has 29 heavy (non-hydrogen) atoms. The number of aromatic nitrogens is 2. The molecule has 0 saturated carbocycles. The zero-order valence-corrected chi connectivity index (χ0v) is 17.7. The van der Waals surface area contributed by atoms with Crippen LogP contribution in [0.4, 0.5) is 0 Å². The van der Waals surface area contributed by atoms with Crippen LogP contribution < -0.4 is 5.56 Å². The Balaban J connectivity index is 2.25. The van der Waals surface area contributed by atoms with Gasteiger partial charge < -0.3 is 4.90 Å². The van der Waals surface area contributed by atoms with Crippen LogP contribution in [0.5, 0.6) is 0 Å². The van der Waals surface area contributed by atoms with E-state index in [0.717, 1.165) is 18.5 Å². The lowest BCUT2D eigenvalue weighted by molar-refractivity contribution is -0.132. The second-order valence-electron chi connectivity index (χ2n) is 7.33. The van der Waals surface area contributed by atoms with Crippen molar-refractivity contribution in [3.63, 3.8) is 0 Å². The van der Waals surface area contributed by atoms with E-state index in [1.807, 2.05) is 56.3 Å². The first-order valence-corrected chi connectivity index (χ1v) is 10.4. The molecule has 0 aliphatic carbocycles. The number of nitrogens with zero attached hydrogens (tertiary/aromatic N) is 3. The fraction of sp³-hybridized carbons (Fsp3) is 0.375. The Morgan fingerprint density at radius 3 is 2.38 bits per heavy atom. The summed E-state index contributed by atoms with van der Waals surface area (Å²) in [6.07, 6.45) is 2.87. The number of aryl methyl sites for hydroxylation is 1. The van der Waals surface area contributed by atoms with Crippen LogP contribution >= 0.6 is 0 Å². The standard InChI is InChI=1S/C24H29N3O2/c1-5-10-22(28)26(4)21(7-3)23-25-20-12-9-8-11-19(20)24(29)27(23)18-15-13-17(6-2)14-16-18/h8-9,11-16,21H,5-7,10H2,1-4H3. The molecule has 1 amide bonds. The van der Waals surface area contributed by atoms with E-state index in [1.165, 1.54) is 5.56 Å². The molecule has 3 aromatic rings.